The largest absolute Gasteiger partial charge is 0.469 e. The molecule has 7 nitrogen and oxygen atoms in total. The van der Waals surface area contributed by atoms with E-state index < -0.39 is 26.6 Å². The Bertz CT molecular complexity index is 673. The van der Waals surface area contributed by atoms with E-state index in [1.54, 1.807) is 0 Å². The lowest BCUT2D eigenvalue weighted by molar-refractivity contribution is -0.123. The number of carbonyl (C=O) groups is 1. The van der Waals surface area contributed by atoms with E-state index in [0.29, 0.717) is 12.8 Å². The molecule has 1 amide bonds. The highest BCUT2D eigenvalue weighted by molar-refractivity contribution is 7.46. The summed E-state index contributed by atoms with van der Waals surface area (Å²) in [5, 5.41) is 13.5. The Morgan fingerprint density at radius 2 is 0.867 bits per heavy atom. The predicted octanol–water partition coefficient (Wildman–Crippen LogP) is 11.1. The number of phosphoric ester groups is 1. The van der Waals surface area contributed by atoms with Crippen LogP contribution in [0.3, 0.4) is 0 Å². The number of amides is 1. The lowest BCUT2D eigenvalue weighted by Gasteiger charge is -2.24. The smallest absolute Gasteiger partial charge is 0.391 e. The Morgan fingerprint density at radius 1 is 0.556 bits per heavy atom. The lowest BCUT2D eigenvalue weighted by Crippen LogP contribution is -2.46. The summed E-state index contributed by atoms with van der Waals surface area (Å²) in [5.41, 5.74) is 0. The molecule has 8 heteroatoms. The van der Waals surface area contributed by atoms with Crippen LogP contribution >= 0.6 is 7.82 Å². The van der Waals surface area contributed by atoms with Gasteiger partial charge in [0.25, 0.3) is 0 Å². The maximum Gasteiger partial charge on any atom is 0.469 e. The van der Waals surface area contributed by atoms with E-state index in [1.165, 1.54) is 148 Å². The van der Waals surface area contributed by atoms with Crippen molar-refractivity contribution in [1.29, 1.82) is 0 Å². The van der Waals surface area contributed by atoms with Crippen LogP contribution in [-0.4, -0.2) is 39.6 Å². The topological polar surface area (TPSA) is 116 Å². The molecule has 0 fully saturated rings. The van der Waals surface area contributed by atoms with Crippen molar-refractivity contribution in [2.45, 2.75) is 225 Å². The average molecular weight is 662 g/mol. The van der Waals surface area contributed by atoms with E-state index in [0.717, 1.165) is 38.5 Å². The van der Waals surface area contributed by atoms with E-state index in [4.69, 9.17) is 9.79 Å². The fourth-order valence-electron chi connectivity index (χ4n) is 6.11. The van der Waals surface area contributed by atoms with Crippen molar-refractivity contribution in [2.75, 3.05) is 6.61 Å². The first-order chi connectivity index (χ1) is 21.8. The summed E-state index contributed by atoms with van der Waals surface area (Å²) < 4.78 is 15.9. The molecular weight excluding hydrogens is 585 g/mol. The molecule has 0 spiro atoms. The number of hydrogen-bond donors (Lipinski definition) is 4. The van der Waals surface area contributed by atoms with Gasteiger partial charge in [-0.25, -0.2) is 4.57 Å². The van der Waals surface area contributed by atoms with Gasteiger partial charge in [0.1, 0.15) is 0 Å². The van der Waals surface area contributed by atoms with E-state index >= 15 is 0 Å². The third kappa shape index (κ3) is 34.7. The van der Waals surface area contributed by atoms with Gasteiger partial charge in [0, 0.05) is 6.42 Å². The second-order valence-electron chi connectivity index (χ2n) is 13.6. The van der Waals surface area contributed by atoms with Crippen LogP contribution in [0.5, 0.6) is 0 Å². The fraction of sp³-hybridized carbons (Fsp3) is 0.973. The molecule has 0 rings (SSSR count). The van der Waals surface area contributed by atoms with Crippen LogP contribution < -0.4 is 5.32 Å². The van der Waals surface area contributed by atoms with Gasteiger partial charge in [-0.15, -0.1) is 0 Å². The van der Waals surface area contributed by atoms with Crippen LogP contribution in [0.2, 0.25) is 0 Å². The van der Waals surface area contributed by atoms with Crippen molar-refractivity contribution in [1.82, 2.24) is 5.32 Å². The summed E-state index contributed by atoms with van der Waals surface area (Å²) in [7, 11) is -4.68. The number of aliphatic hydroxyl groups is 1. The Hall–Kier alpha value is -0.460. The molecule has 0 aliphatic rings. The Balaban J connectivity index is 3.92. The van der Waals surface area contributed by atoms with Crippen LogP contribution in [-0.2, 0) is 13.9 Å². The monoisotopic (exact) mass is 662 g/mol. The summed E-state index contributed by atoms with van der Waals surface area (Å²) in [6, 6.07) is -0.816. The highest BCUT2D eigenvalue weighted by Gasteiger charge is 2.25. The van der Waals surface area contributed by atoms with Crippen LogP contribution in [0.15, 0.2) is 0 Å². The fourth-order valence-corrected chi connectivity index (χ4v) is 6.47. The van der Waals surface area contributed by atoms with Crippen molar-refractivity contribution in [2.24, 2.45) is 0 Å². The summed E-state index contributed by atoms with van der Waals surface area (Å²) >= 11 is 0. The minimum Gasteiger partial charge on any atom is -0.391 e. The van der Waals surface area contributed by atoms with Gasteiger partial charge in [-0.05, 0) is 12.8 Å². The molecular formula is C37H76NO6P. The van der Waals surface area contributed by atoms with Gasteiger partial charge in [-0.2, -0.15) is 0 Å². The van der Waals surface area contributed by atoms with Crippen molar-refractivity contribution in [3.05, 3.63) is 0 Å². The molecule has 0 radical (unpaired) electrons. The van der Waals surface area contributed by atoms with Crippen molar-refractivity contribution >= 4 is 13.7 Å². The number of unbranched alkanes of at least 4 members (excludes halogenated alkanes) is 27. The first kappa shape index (κ1) is 44.5. The van der Waals surface area contributed by atoms with E-state index in [1.807, 2.05) is 0 Å². The first-order valence-electron chi connectivity index (χ1n) is 19.5. The quantitative estimate of drug-likeness (QED) is 0.0392. The van der Waals surface area contributed by atoms with Gasteiger partial charge in [0.05, 0.1) is 18.8 Å². The molecule has 0 aliphatic heterocycles. The zero-order valence-electron chi connectivity index (χ0n) is 29.8. The molecule has 2 atom stereocenters. The summed E-state index contributed by atoms with van der Waals surface area (Å²) in [4.78, 5) is 30.8. The molecule has 0 aromatic carbocycles. The molecule has 0 aliphatic carbocycles. The number of hydrogen-bond acceptors (Lipinski definition) is 4. The molecule has 0 bridgehead atoms. The van der Waals surface area contributed by atoms with Gasteiger partial charge in [0.15, 0.2) is 0 Å². The van der Waals surface area contributed by atoms with Crippen LogP contribution in [0.4, 0.5) is 0 Å². The Kier molecular flexibility index (Phi) is 33.1. The number of carbonyl (C=O) groups excluding carboxylic acids is 1. The standard InChI is InChI=1S/C37H76NO6P/c1-3-5-7-9-11-13-15-17-18-19-21-23-25-27-29-31-33-37(40)38-35(34-44-45(41,42)43)36(39)32-30-28-26-24-22-20-16-14-12-10-8-6-4-2/h35-36,39H,3-34H2,1-2H3,(H,38,40)(H2,41,42,43)/t35-,36+/m0/s1. The molecule has 0 saturated heterocycles. The van der Waals surface area contributed by atoms with E-state index in [2.05, 4.69) is 23.7 Å². The second kappa shape index (κ2) is 33.4. The minimum atomic E-state index is -4.68. The molecule has 0 saturated carbocycles. The van der Waals surface area contributed by atoms with Crippen LogP contribution in [0.1, 0.15) is 213 Å². The van der Waals surface area contributed by atoms with Gasteiger partial charge >= 0.3 is 7.82 Å². The second-order valence-corrected chi connectivity index (χ2v) is 14.9. The molecule has 45 heavy (non-hydrogen) atoms. The number of rotatable bonds is 36. The number of phosphoric acid groups is 1. The highest BCUT2D eigenvalue weighted by atomic mass is 31.2. The molecule has 0 heterocycles. The molecule has 0 aromatic rings. The molecule has 0 unspecified atom stereocenters. The average Bonchev–Trinajstić information content (AvgIpc) is 3.00. The SMILES string of the molecule is CCCCCCCCCCCCCCCCCCC(=O)N[C@@H](COP(=O)(O)O)[C@H](O)CCCCCCCCCCCCCCC. The molecule has 270 valence electrons. The Morgan fingerprint density at radius 3 is 1.20 bits per heavy atom. The van der Waals surface area contributed by atoms with Crippen molar-refractivity contribution in [3.63, 3.8) is 0 Å². The van der Waals surface area contributed by atoms with E-state index in [9.17, 15) is 14.5 Å². The third-order valence-corrected chi connectivity index (χ3v) is 9.58. The summed E-state index contributed by atoms with van der Waals surface area (Å²) in [5.74, 6) is -0.191. The van der Waals surface area contributed by atoms with Crippen LogP contribution in [0, 0.1) is 0 Å². The maximum absolute atomic E-state index is 12.5. The minimum absolute atomic E-state index is 0.191. The summed E-state index contributed by atoms with van der Waals surface area (Å²) in [6.45, 7) is 4.12. The predicted molar refractivity (Wildman–Crippen MR) is 190 cm³/mol. The first-order valence-corrected chi connectivity index (χ1v) is 21.0. The highest BCUT2D eigenvalue weighted by Crippen LogP contribution is 2.36. The normalized spacial score (nSPS) is 13.3. The number of nitrogens with one attached hydrogen (secondary N) is 1. The zero-order chi connectivity index (χ0) is 33.3. The van der Waals surface area contributed by atoms with Crippen molar-refractivity contribution < 1.29 is 28.8 Å². The number of aliphatic hydroxyl groups excluding tert-OH is 1. The maximum atomic E-state index is 12.5. The van der Waals surface area contributed by atoms with Gasteiger partial charge in [-0.3, -0.25) is 9.32 Å². The van der Waals surface area contributed by atoms with Crippen molar-refractivity contribution in [3.8, 4) is 0 Å². The lowest BCUT2D eigenvalue weighted by atomic mass is 10.0. The zero-order valence-corrected chi connectivity index (χ0v) is 30.7. The van der Waals surface area contributed by atoms with Gasteiger partial charge in [0.2, 0.25) is 5.91 Å². The van der Waals surface area contributed by atoms with Gasteiger partial charge in [-0.1, -0.05) is 194 Å². The molecule has 4 N–H and O–H groups in total. The third-order valence-electron chi connectivity index (χ3n) is 9.09. The van der Waals surface area contributed by atoms with Crippen LogP contribution in [0.25, 0.3) is 0 Å². The molecule has 0 aromatic heterocycles. The van der Waals surface area contributed by atoms with Gasteiger partial charge < -0.3 is 20.2 Å². The summed E-state index contributed by atoms with van der Waals surface area (Å²) in [6.07, 6.45) is 36.5. The Labute approximate surface area is 279 Å². The van der Waals surface area contributed by atoms with E-state index in [-0.39, 0.29) is 5.91 Å².